The lowest BCUT2D eigenvalue weighted by atomic mass is 9.98. The number of benzene rings is 3. The molecule has 3 aromatic rings. The number of hydrogen-bond donors (Lipinski definition) is 3. The van der Waals surface area contributed by atoms with Crippen LogP contribution < -0.4 is 15.5 Å². The summed E-state index contributed by atoms with van der Waals surface area (Å²) in [4.78, 5) is 11.1. The van der Waals surface area contributed by atoms with Gasteiger partial charge in [-0.25, -0.2) is 4.79 Å². The molecule has 0 radical (unpaired) electrons. The summed E-state index contributed by atoms with van der Waals surface area (Å²) in [7, 11) is 1.63. The van der Waals surface area contributed by atoms with Gasteiger partial charge in [-0.15, -0.1) is 0 Å². The number of nitrogens with one attached hydrogen (secondary N) is 2. The smallest absolute Gasteiger partial charge is 0.335 e. The van der Waals surface area contributed by atoms with E-state index in [4.69, 9.17) is 22.1 Å². The van der Waals surface area contributed by atoms with Crippen LogP contribution in [0.5, 0.6) is 5.75 Å². The molecule has 0 heterocycles. The van der Waals surface area contributed by atoms with Gasteiger partial charge in [-0.3, -0.25) is 5.43 Å². The summed E-state index contributed by atoms with van der Waals surface area (Å²) in [5, 5.41) is 16.4. The van der Waals surface area contributed by atoms with E-state index in [0.29, 0.717) is 11.4 Å². The van der Waals surface area contributed by atoms with Crippen LogP contribution in [0, 0.1) is 13.8 Å². The molecule has 31 heavy (non-hydrogen) atoms. The van der Waals surface area contributed by atoms with Gasteiger partial charge in [0.1, 0.15) is 5.75 Å². The lowest BCUT2D eigenvalue weighted by Gasteiger charge is -2.13. The molecular formula is C24H23N3O3S. The Balaban J connectivity index is 1.75. The predicted molar refractivity (Wildman–Crippen MR) is 128 cm³/mol. The van der Waals surface area contributed by atoms with E-state index in [1.54, 1.807) is 25.5 Å². The highest BCUT2D eigenvalue weighted by molar-refractivity contribution is 7.80. The number of methoxy groups -OCH3 is 1. The van der Waals surface area contributed by atoms with Crippen molar-refractivity contribution in [3.05, 3.63) is 82.9 Å². The third-order valence-corrected chi connectivity index (χ3v) is 5.00. The second-order valence-corrected chi connectivity index (χ2v) is 7.35. The summed E-state index contributed by atoms with van der Waals surface area (Å²) in [6, 6.07) is 18.5. The number of para-hydroxylation sites is 1. The molecule has 0 fully saturated rings. The van der Waals surface area contributed by atoms with Gasteiger partial charge in [0.05, 0.1) is 18.9 Å². The highest BCUT2D eigenvalue weighted by atomic mass is 32.1. The van der Waals surface area contributed by atoms with E-state index in [9.17, 15) is 4.79 Å². The number of aromatic carboxylic acids is 1. The van der Waals surface area contributed by atoms with E-state index in [-0.39, 0.29) is 10.7 Å². The van der Waals surface area contributed by atoms with Crippen LogP contribution in [0.4, 0.5) is 5.69 Å². The highest BCUT2D eigenvalue weighted by Crippen LogP contribution is 2.33. The van der Waals surface area contributed by atoms with Gasteiger partial charge < -0.3 is 15.2 Å². The first-order valence-electron chi connectivity index (χ1n) is 9.57. The monoisotopic (exact) mass is 433 g/mol. The van der Waals surface area contributed by atoms with E-state index in [1.807, 2.05) is 18.2 Å². The van der Waals surface area contributed by atoms with Crippen molar-refractivity contribution in [2.45, 2.75) is 13.8 Å². The van der Waals surface area contributed by atoms with Crippen molar-refractivity contribution in [1.29, 1.82) is 0 Å². The summed E-state index contributed by atoms with van der Waals surface area (Å²) in [5.74, 6) is -0.291. The zero-order chi connectivity index (χ0) is 22.4. The third-order valence-electron chi connectivity index (χ3n) is 4.80. The average molecular weight is 434 g/mol. The Morgan fingerprint density at radius 1 is 1.06 bits per heavy atom. The molecule has 0 saturated heterocycles. The van der Waals surface area contributed by atoms with E-state index in [1.165, 1.54) is 23.3 Å². The third kappa shape index (κ3) is 5.46. The van der Waals surface area contributed by atoms with Crippen LogP contribution in [0.15, 0.2) is 65.8 Å². The number of rotatable bonds is 6. The number of aryl methyl sites for hydroxylation is 2. The summed E-state index contributed by atoms with van der Waals surface area (Å²) in [6.07, 6.45) is 1.63. The van der Waals surface area contributed by atoms with Crippen LogP contribution in [0.3, 0.4) is 0 Å². The van der Waals surface area contributed by atoms with Crippen molar-refractivity contribution >= 4 is 35.2 Å². The van der Waals surface area contributed by atoms with Crippen LogP contribution in [0.1, 0.15) is 27.0 Å². The van der Waals surface area contributed by atoms with Gasteiger partial charge in [0, 0.05) is 16.8 Å². The number of ether oxygens (including phenoxy) is 1. The van der Waals surface area contributed by atoms with E-state index in [0.717, 1.165) is 16.7 Å². The van der Waals surface area contributed by atoms with Crippen LogP contribution in [-0.4, -0.2) is 29.5 Å². The molecule has 0 aromatic heterocycles. The number of anilines is 1. The zero-order valence-corrected chi connectivity index (χ0v) is 18.3. The fourth-order valence-electron chi connectivity index (χ4n) is 3.07. The Morgan fingerprint density at radius 3 is 2.55 bits per heavy atom. The minimum Gasteiger partial charge on any atom is -0.495 e. The lowest BCUT2D eigenvalue weighted by Crippen LogP contribution is -2.24. The Kier molecular flexibility index (Phi) is 6.99. The van der Waals surface area contributed by atoms with Crippen LogP contribution >= 0.6 is 12.2 Å². The van der Waals surface area contributed by atoms with E-state index < -0.39 is 5.97 Å². The zero-order valence-electron chi connectivity index (χ0n) is 17.5. The Labute approximate surface area is 186 Å². The van der Waals surface area contributed by atoms with Crippen molar-refractivity contribution < 1.29 is 14.6 Å². The molecule has 158 valence electrons. The fraction of sp³-hybridized carbons (Fsp3) is 0.125. The molecular weight excluding hydrogens is 410 g/mol. The number of hydrazone groups is 1. The average Bonchev–Trinajstić information content (AvgIpc) is 2.75. The Bertz CT molecular complexity index is 1160. The van der Waals surface area contributed by atoms with Gasteiger partial charge >= 0.3 is 5.97 Å². The van der Waals surface area contributed by atoms with Crippen LogP contribution in [-0.2, 0) is 0 Å². The first-order valence-corrected chi connectivity index (χ1v) is 9.98. The predicted octanol–water partition coefficient (Wildman–Crippen LogP) is 5.00. The number of thiocarbonyl (C=S) groups is 1. The van der Waals surface area contributed by atoms with Gasteiger partial charge in [-0.05, 0) is 67.0 Å². The summed E-state index contributed by atoms with van der Waals surface area (Å²) in [5.41, 5.74) is 8.75. The van der Waals surface area contributed by atoms with Crippen molar-refractivity contribution in [1.82, 2.24) is 5.43 Å². The molecule has 7 heteroatoms. The molecule has 3 aromatic carbocycles. The summed E-state index contributed by atoms with van der Waals surface area (Å²) < 4.78 is 5.67. The Morgan fingerprint density at radius 2 is 1.84 bits per heavy atom. The van der Waals surface area contributed by atoms with Gasteiger partial charge in [0.2, 0.25) is 0 Å². The highest BCUT2D eigenvalue weighted by Gasteiger charge is 2.10. The van der Waals surface area contributed by atoms with Crippen molar-refractivity contribution in [3.63, 3.8) is 0 Å². The Hall–Kier alpha value is -3.71. The quantitative estimate of drug-likeness (QED) is 0.288. The molecule has 0 saturated carbocycles. The van der Waals surface area contributed by atoms with Crippen molar-refractivity contribution in [2.75, 3.05) is 12.4 Å². The SMILES string of the molecule is COc1c(/C=N/NC(=S)Nc2cccc(C(=O)O)c2)cccc1-c1ccc(C)c(C)c1. The fourth-order valence-corrected chi connectivity index (χ4v) is 3.24. The first kappa shape index (κ1) is 22.0. The first-order chi connectivity index (χ1) is 14.9. The number of carbonyl (C=O) groups is 1. The van der Waals surface area contributed by atoms with Crippen LogP contribution in [0.2, 0.25) is 0 Å². The second kappa shape index (κ2) is 9.86. The van der Waals surface area contributed by atoms with Crippen molar-refractivity contribution in [3.8, 4) is 16.9 Å². The number of carboxylic acids is 1. The number of carboxylic acid groups (broad SMARTS) is 1. The van der Waals surface area contributed by atoms with Gasteiger partial charge in [0.25, 0.3) is 0 Å². The van der Waals surface area contributed by atoms with Crippen molar-refractivity contribution in [2.24, 2.45) is 5.10 Å². The normalized spacial score (nSPS) is 10.7. The lowest BCUT2D eigenvalue weighted by molar-refractivity contribution is 0.0697. The molecule has 0 aliphatic heterocycles. The largest absolute Gasteiger partial charge is 0.495 e. The molecule has 0 unspecified atom stereocenters. The van der Waals surface area contributed by atoms with Gasteiger partial charge in [0.15, 0.2) is 5.11 Å². The maximum absolute atomic E-state index is 11.1. The number of hydrogen-bond acceptors (Lipinski definition) is 4. The molecule has 0 aliphatic carbocycles. The van der Waals surface area contributed by atoms with E-state index >= 15 is 0 Å². The van der Waals surface area contributed by atoms with Gasteiger partial charge in [-0.2, -0.15) is 5.10 Å². The summed E-state index contributed by atoms with van der Waals surface area (Å²) >= 11 is 5.24. The molecule has 0 bridgehead atoms. The summed E-state index contributed by atoms with van der Waals surface area (Å²) in [6.45, 7) is 4.17. The molecule has 0 amide bonds. The van der Waals surface area contributed by atoms with Crippen LogP contribution in [0.25, 0.3) is 11.1 Å². The molecule has 0 spiro atoms. The minimum absolute atomic E-state index is 0.171. The minimum atomic E-state index is -1.00. The molecule has 3 rings (SSSR count). The van der Waals surface area contributed by atoms with Gasteiger partial charge in [-0.1, -0.05) is 36.4 Å². The molecule has 0 aliphatic rings. The standard InChI is InChI=1S/C24H23N3O3S/c1-15-10-11-17(12-16(15)2)21-9-5-7-19(22(21)30-3)14-25-27-24(31)26-20-8-4-6-18(13-20)23(28)29/h4-14H,1-3H3,(H,28,29)(H2,26,27,31)/b25-14+. The topological polar surface area (TPSA) is 83.0 Å². The van der Waals surface area contributed by atoms with E-state index in [2.05, 4.69) is 47.9 Å². The molecule has 3 N–H and O–H groups in total. The second-order valence-electron chi connectivity index (χ2n) is 6.94. The maximum Gasteiger partial charge on any atom is 0.335 e. The molecule has 0 atom stereocenters. The molecule has 6 nitrogen and oxygen atoms in total. The maximum atomic E-state index is 11.1. The number of nitrogens with zero attached hydrogens (tertiary/aromatic N) is 1.